The van der Waals surface area contributed by atoms with E-state index in [9.17, 15) is 9.59 Å². The first-order valence-electron chi connectivity index (χ1n) is 8.35. The van der Waals surface area contributed by atoms with Gasteiger partial charge in [-0.1, -0.05) is 31.9 Å². The normalized spacial score (nSPS) is 33.3. The number of nitrogens with zero attached hydrogens (tertiary/aromatic N) is 1. The van der Waals surface area contributed by atoms with E-state index in [1.807, 2.05) is 0 Å². The van der Waals surface area contributed by atoms with Crippen LogP contribution in [0.1, 0.15) is 39.0 Å². The van der Waals surface area contributed by atoms with Crippen LogP contribution < -0.4 is 0 Å². The predicted molar refractivity (Wildman–Crippen MR) is 79.4 cm³/mol. The molecule has 2 aliphatic carbocycles. The van der Waals surface area contributed by atoms with E-state index in [1.165, 1.54) is 17.7 Å². The number of likely N-dealkylation sites (tertiary alicyclic amines) is 1. The number of carbonyl (C=O) groups is 2. The number of unbranched alkanes of at least 4 members (excludes halogenated alkanes) is 2. The van der Waals surface area contributed by atoms with Crippen molar-refractivity contribution in [1.82, 2.24) is 4.90 Å². The molecule has 116 valence electrons. The largest absolute Gasteiger partial charge is 0.381 e. The van der Waals surface area contributed by atoms with E-state index in [4.69, 9.17) is 4.74 Å². The monoisotopic (exact) mass is 291 g/mol. The third-order valence-electron chi connectivity index (χ3n) is 5.12. The van der Waals surface area contributed by atoms with E-state index in [-0.39, 0.29) is 23.7 Å². The van der Waals surface area contributed by atoms with Crippen LogP contribution in [0.25, 0.3) is 0 Å². The molecule has 2 bridgehead atoms. The van der Waals surface area contributed by atoms with Gasteiger partial charge in [-0.25, -0.2) is 0 Å². The standard InChI is InChI=1S/C17H25NO3/c1-2-3-4-9-21-10-5-8-18-16(19)14-12-6-7-13(11-12)15(14)17(18)20/h6-7,12-15H,2-5,8-11H2,1H3. The zero-order chi connectivity index (χ0) is 14.8. The molecule has 2 amide bonds. The summed E-state index contributed by atoms with van der Waals surface area (Å²) >= 11 is 0. The topological polar surface area (TPSA) is 46.6 Å². The van der Waals surface area contributed by atoms with Gasteiger partial charge in [0.25, 0.3) is 0 Å². The lowest BCUT2D eigenvalue weighted by Gasteiger charge is -2.17. The van der Waals surface area contributed by atoms with Crippen molar-refractivity contribution < 1.29 is 14.3 Å². The maximum Gasteiger partial charge on any atom is 0.233 e. The molecule has 2 fully saturated rings. The van der Waals surface area contributed by atoms with Gasteiger partial charge in [-0.05, 0) is 31.1 Å². The summed E-state index contributed by atoms with van der Waals surface area (Å²) in [6.07, 6.45) is 9.51. The molecule has 3 rings (SSSR count). The molecule has 1 aliphatic heterocycles. The summed E-state index contributed by atoms with van der Waals surface area (Å²) < 4.78 is 5.55. The number of carbonyl (C=O) groups excluding carboxylic acids is 2. The van der Waals surface area contributed by atoms with E-state index in [2.05, 4.69) is 19.1 Å². The lowest BCUT2D eigenvalue weighted by Crippen LogP contribution is -2.34. The van der Waals surface area contributed by atoms with Gasteiger partial charge in [-0.2, -0.15) is 0 Å². The van der Waals surface area contributed by atoms with Gasteiger partial charge >= 0.3 is 0 Å². The maximum atomic E-state index is 12.4. The fourth-order valence-corrected chi connectivity index (χ4v) is 4.07. The average molecular weight is 291 g/mol. The van der Waals surface area contributed by atoms with Gasteiger partial charge in [0.05, 0.1) is 11.8 Å². The molecule has 4 nitrogen and oxygen atoms in total. The minimum absolute atomic E-state index is 0.0574. The van der Waals surface area contributed by atoms with Crippen molar-refractivity contribution >= 4 is 11.8 Å². The first kappa shape index (κ1) is 14.8. The van der Waals surface area contributed by atoms with E-state index in [1.54, 1.807) is 0 Å². The van der Waals surface area contributed by atoms with Crippen molar-refractivity contribution in [1.29, 1.82) is 0 Å². The number of allylic oxidation sites excluding steroid dienone is 2. The van der Waals surface area contributed by atoms with Crippen molar-refractivity contribution in [2.24, 2.45) is 23.7 Å². The van der Waals surface area contributed by atoms with Gasteiger partial charge in [-0.15, -0.1) is 0 Å². The van der Waals surface area contributed by atoms with Crippen LogP contribution in [0.3, 0.4) is 0 Å². The van der Waals surface area contributed by atoms with Gasteiger partial charge in [-0.3, -0.25) is 14.5 Å². The summed E-state index contributed by atoms with van der Waals surface area (Å²) in [6.45, 7) is 4.12. The summed E-state index contributed by atoms with van der Waals surface area (Å²) in [6, 6.07) is 0. The minimum atomic E-state index is -0.0574. The van der Waals surface area contributed by atoms with E-state index < -0.39 is 0 Å². The molecule has 1 heterocycles. The Labute approximate surface area is 126 Å². The fourth-order valence-electron chi connectivity index (χ4n) is 4.07. The number of rotatable bonds is 8. The highest BCUT2D eigenvalue weighted by Crippen LogP contribution is 2.52. The second-order valence-electron chi connectivity index (χ2n) is 6.50. The summed E-state index contributed by atoms with van der Waals surface area (Å²) in [5, 5.41) is 0. The van der Waals surface area contributed by atoms with Crippen LogP contribution in [0.4, 0.5) is 0 Å². The summed E-state index contributed by atoms with van der Waals surface area (Å²) in [7, 11) is 0. The Balaban J connectivity index is 1.43. The van der Waals surface area contributed by atoms with Crippen molar-refractivity contribution in [2.75, 3.05) is 19.8 Å². The van der Waals surface area contributed by atoms with E-state index in [0.717, 1.165) is 25.9 Å². The van der Waals surface area contributed by atoms with Gasteiger partial charge in [0, 0.05) is 19.8 Å². The van der Waals surface area contributed by atoms with Crippen LogP contribution in [-0.2, 0) is 14.3 Å². The molecule has 0 aromatic heterocycles. The summed E-state index contributed by atoms with van der Waals surface area (Å²) in [5.74, 6) is 0.634. The zero-order valence-electron chi connectivity index (χ0n) is 12.8. The van der Waals surface area contributed by atoms with Crippen LogP contribution in [0.5, 0.6) is 0 Å². The summed E-state index contributed by atoms with van der Waals surface area (Å²) in [4.78, 5) is 26.3. The number of hydrogen-bond acceptors (Lipinski definition) is 3. The van der Waals surface area contributed by atoms with Gasteiger partial charge < -0.3 is 4.74 Å². The number of amides is 2. The maximum absolute atomic E-state index is 12.4. The lowest BCUT2D eigenvalue weighted by molar-refractivity contribution is -0.140. The van der Waals surface area contributed by atoms with Crippen LogP contribution in [0, 0.1) is 23.7 Å². The Kier molecular flexibility index (Phi) is 4.43. The van der Waals surface area contributed by atoms with Gasteiger partial charge in [0.1, 0.15) is 0 Å². The average Bonchev–Trinajstić information content (AvgIpc) is 3.15. The smallest absolute Gasteiger partial charge is 0.233 e. The molecule has 0 radical (unpaired) electrons. The van der Waals surface area contributed by atoms with Gasteiger partial charge in [0.15, 0.2) is 0 Å². The Morgan fingerprint density at radius 2 is 1.67 bits per heavy atom. The molecule has 0 aromatic rings. The van der Waals surface area contributed by atoms with E-state index in [0.29, 0.717) is 25.0 Å². The Morgan fingerprint density at radius 1 is 1.05 bits per heavy atom. The molecule has 21 heavy (non-hydrogen) atoms. The molecular formula is C17H25NO3. The number of hydrogen-bond donors (Lipinski definition) is 0. The van der Waals surface area contributed by atoms with Crippen LogP contribution in [-0.4, -0.2) is 36.5 Å². The van der Waals surface area contributed by atoms with Crippen molar-refractivity contribution in [3.8, 4) is 0 Å². The Morgan fingerprint density at radius 3 is 2.29 bits per heavy atom. The molecule has 0 N–H and O–H groups in total. The third kappa shape index (κ3) is 2.66. The van der Waals surface area contributed by atoms with Crippen molar-refractivity contribution in [3.05, 3.63) is 12.2 Å². The number of imide groups is 1. The molecule has 1 saturated heterocycles. The van der Waals surface area contributed by atoms with Crippen molar-refractivity contribution in [2.45, 2.75) is 39.0 Å². The lowest BCUT2D eigenvalue weighted by atomic mass is 9.85. The molecule has 0 aromatic carbocycles. The highest BCUT2D eigenvalue weighted by molar-refractivity contribution is 6.06. The third-order valence-corrected chi connectivity index (χ3v) is 5.12. The van der Waals surface area contributed by atoms with Crippen molar-refractivity contribution in [3.63, 3.8) is 0 Å². The molecule has 4 heteroatoms. The predicted octanol–water partition coefficient (Wildman–Crippen LogP) is 2.39. The van der Waals surface area contributed by atoms with Crippen LogP contribution >= 0.6 is 0 Å². The quantitative estimate of drug-likeness (QED) is 0.392. The molecular weight excluding hydrogens is 266 g/mol. The SMILES string of the molecule is CCCCCOCCCN1C(=O)C2C3C=CC(C3)C2C1=O. The molecule has 3 aliphatic rings. The zero-order valence-corrected chi connectivity index (χ0v) is 12.8. The Hall–Kier alpha value is -1.16. The number of fused-ring (bicyclic) bond motifs is 5. The fraction of sp³-hybridized carbons (Fsp3) is 0.765. The Bertz CT molecular complexity index is 415. The second-order valence-corrected chi connectivity index (χ2v) is 6.50. The number of ether oxygens (including phenoxy) is 1. The van der Waals surface area contributed by atoms with Crippen LogP contribution in [0.2, 0.25) is 0 Å². The van der Waals surface area contributed by atoms with E-state index >= 15 is 0 Å². The molecule has 4 unspecified atom stereocenters. The second kappa shape index (κ2) is 6.30. The minimum Gasteiger partial charge on any atom is -0.381 e. The highest BCUT2D eigenvalue weighted by Gasteiger charge is 2.58. The highest BCUT2D eigenvalue weighted by atomic mass is 16.5. The first-order valence-corrected chi connectivity index (χ1v) is 8.35. The first-order chi connectivity index (χ1) is 10.2. The van der Waals surface area contributed by atoms with Gasteiger partial charge in [0.2, 0.25) is 11.8 Å². The molecule has 4 atom stereocenters. The summed E-state index contributed by atoms with van der Waals surface area (Å²) in [5.41, 5.74) is 0. The molecule has 1 saturated carbocycles. The van der Waals surface area contributed by atoms with Crippen LogP contribution in [0.15, 0.2) is 12.2 Å². The molecule has 0 spiro atoms.